The average molecular weight is 251 g/mol. The Balaban J connectivity index is 1.85. The summed E-state index contributed by atoms with van der Waals surface area (Å²) < 4.78 is 0. The van der Waals surface area contributed by atoms with Crippen LogP contribution in [0.1, 0.15) is 38.0 Å². The van der Waals surface area contributed by atoms with Crippen molar-refractivity contribution in [1.82, 2.24) is 5.32 Å². The van der Waals surface area contributed by atoms with E-state index < -0.39 is 0 Å². The maximum absolute atomic E-state index is 11.9. The Bertz CT molecular complexity index is 360. The van der Waals surface area contributed by atoms with Gasteiger partial charge in [0, 0.05) is 10.9 Å². The summed E-state index contributed by atoms with van der Waals surface area (Å²) in [5.41, 5.74) is 0. The average Bonchev–Trinajstić information content (AvgIpc) is 2.77. The van der Waals surface area contributed by atoms with Crippen LogP contribution in [0.15, 0.2) is 17.5 Å². The lowest BCUT2D eigenvalue weighted by molar-refractivity contribution is -0.121. The highest BCUT2D eigenvalue weighted by atomic mass is 32.1. The van der Waals surface area contributed by atoms with Crippen LogP contribution in [0.4, 0.5) is 0 Å². The molecule has 0 spiro atoms. The largest absolute Gasteiger partial charge is 0.353 e. The molecule has 1 N–H and O–H groups in total. The first-order valence-electron chi connectivity index (χ1n) is 6.48. The Morgan fingerprint density at radius 1 is 1.47 bits per heavy atom. The van der Waals surface area contributed by atoms with E-state index in [0.29, 0.717) is 18.4 Å². The van der Waals surface area contributed by atoms with Crippen molar-refractivity contribution in [3.63, 3.8) is 0 Å². The van der Waals surface area contributed by atoms with Crippen LogP contribution in [0.5, 0.6) is 0 Å². The van der Waals surface area contributed by atoms with Crippen molar-refractivity contribution in [1.29, 1.82) is 0 Å². The minimum Gasteiger partial charge on any atom is -0.353 e. The van der Waals surface area contributed by atoms with Crippen molar-refractivity contribution in [2.75, 3.05) is 0 Å². The Morgan fingerprint density at radius 3 is 3.00 bits per heavy atom. The molecule has 17 heavy (non-hydrogen) atoms. The summed E-state index contributed by atoms with van der Waals surface area (Å²) in [6.45, 7) is 4.56. The lowest BCUT2D eigenvalue weighted by Crippen LogP contribution is -2.44. The van der Waals surface area contributed by atoms with E-state index in [1.54, 1.807) is 11.3 Å². The predicted octanol–water partition coefficient (Wildman–Crippen LogP) is 3.23. The summed E-state index contributed by atoms with van der Waals surface area (Å²) in [6.07, 6.45) is 4.23. The number of hydrogen-bond acceptors (Lipinski definition) is 2. The Hall–Kier alpha value is -0.830. The number of nitrogens with one attached hydrogen (secondary N) is 1. The molecule has 94 valence electrons. The topological polar surface area (TPSA) is 29.1 Å². The molecule has 2 nitrogen and oxygen atoms in total. The van der Waals surface area contributed by atoms with E-state index in [2.05, 4.69) is 19.2 Å². The molecule has 1 aromatic rings. The fourth-order valence-corrected chi connectivity index (χ4v) is 3.32. The summed E-state index contributed by atoms with van der Waals surface area (Å²) in [6, 6.07) is 4.40. The zero-order chi connectivity index (χ0) is 12.3. The van der Waals surface area contributed by atoms with E-state index >= 15 is 0 Å². The zero-order valence-corrected chi connectivity index (χ0v) is 11.4. The van der Waals surface area contributed by atoms with Crippen LogP contribution in [0, 0.1) is 11.8 Å². The van der Waals surface area contributed by atoms with Gasteiger partial charge in [-0.2, -0.15) is 0 Å². The normalized spacial score (nSPS) is 28.9. The molecular weight excluding hydrogens is 230 g/mol. The minimum atomic E-state index is 0.179. The molecule has 0 saturated heterocycles. The van der Waals surface area contributed by atoms with Crippen LogP contribution < -0.4 is 5.32 Å². The van der Waals surface area contributed by atoms with Crippen LogP contribution in [0.25, 0.3) is 0 Å². The van der Waals surface area contributed by atoms with Crippen molar-refractivity contribution in [2.45, 2.75) is 45.6 Å². The fraction of sp³-hybridized carbons (Fsp3) is 0.643. The number of rotatable bonds is 3. The second kappa shape index (κ2) is 5.67. The van der Waals surface area contributed by atoms with Gasteiger partial charge in [-0.3, -0.25) is 4.79 Å². The highest BCUT2D eigenvalue weighted by Gasteiger charge is 2.27. The number of amides is 1. The Kier molecular flexibility index (Phi) is 4.21. The molecule has 1 fully saturated rings. The van der Waals surface area contributed by atoms with Crippen molar-refractivity contribution >= 4 is 17.2 Å². The van der Waals surface area contributed by atoms with E-state index in [9.17, 15) is 4.79 Å². The molecule has 0 radical (unpaired) electrons. The lowest BCUT2D eigenvalue weighted by Gasteiger charge is -2.34. The second-order valence-corrected chi connectivity index (χ2v) is 6.23. The zero-order valence-electron chi connectivity index (χ0n) is 10.6. The van der Waals surface area contributed by atoms with Gasteiger partial charge >= 0.3 is 0 Å². The van der Waals surface area contributed by atoms with Gasteiger partial charge in [0.25, 0.3) is 0 Å². The highest BCUT2D eigenvalue weighted by Crippen LogP contribution is 2.29. The number of thiophene rings is 1. The first kappa shape index (κ1) is 12.6. The van der Waals surface area contributed by atoms with Crippen molar-refractivity contribution in [3.8, 4) is 0 Å². The summed E-state index contributed by atoms with van der Waals surface area (Å²) in [7, 11) is 0. The van der Waals surface area contributed by atoms with Gasteiger partial charge in [-0.05, 0) is 29.7 Å². The molecule has 0 bridgehead atoms. The third kappa shape index (κ3) is 3.32. The molecule has 3 heteroatoms. The summed E-state index contributed by atoms with van der Waals surface area (Å²) in [5, 5.41) is 5.23. The number of carbonyl (C=O) groups is 1. The molecule has 0 unspecified atom stereocenters. The van der Waals surface area contributed by atoms with Crippen LogP contribution >= 0.6 is 11.3 Å². The molecule has 2 rings (SSSR count). The van der Waals surface area contributed by atoms with Gasteiger partial charge in [0.15, 0.2) is 0 Å². The van der Waals surface area contributed by atoms with Gasteiger partial charge in [0.2, 0.25) is 5.91 Å². The van der Waals surface area contributed by atoms with E-state index in [4.69, 9.17) is 0 Å². The smallest absolute Gasteiger partial charge is 0.225 e. The van der Waals surface area contributed by atoms with Gasteiger partial charge in [0.05, 0.1) is 6.42 Å². The first-order chi connectivity index (χ1) is 8.16. The standard InChI is InChI=1S/C14H21NOS/c1-10-5-3-7-13(11(10)2)15-14(16)9-12-6-4-8-17-12/h4,6,8,10-11,13H,3,5,7,9H2,1-2H3,(H,15,16)/t10-,11-,13+/m1/s1. The third-order valence-corrected chi connectivity index (χ3v) is 4.84. The quantitative estimate of drug-likeness (QED) is 0.878. The molecule has 1 aliphatic rings. The summed E-state index contributed by atoms with van der Waals surface area (Å²) in [5.74, 6) is 1.52. The number of hydrogen-bond donors (Lipinski definition) is 1. The monoisotopic (exact) mass is 251 g/mol. The molecule has 1 heterocycles. The summed E-state index contributed by atoms with van der Waals surface area (Å²) in [4.78, 5) is 13.1. The maximum atomic E-state index is 11.9. The highest BCUT2D eigenvalue weighted by molar-refractivity contribution is 7.10. The summed E-state index contributed by atoms with van der Waals surface area (Å²) >= 11 is 1.65. The Labute approximate surface area is 107 Å². The van der Waals surface area contributed by atoms with E-state index in [1.165, 1.54) is 12.8 Å². The SMILES string of the molecule is C[C@@H]1[C@H](C)CCC[C@@H]1NC(=O)Cc1cccs1. The van der Waals surface area contributed by atoms with Gasteiger partial charge < -0.3 is 5.32 Å². The molecule has 1 saturated carbocycles. The predicted molar refractivity (Wildman–Crippen MR) is 72.1 cm³/mol. The Morgan fingerprint density at radius 2 is 2.29 bits per heavy atom. The van der Waals surface area contributed by atoms with Crippen molar-refractivity contribution < 1.29 is 4.79 Å². The van der Waals surface area contributed by atoms with Crippen LogP contribution in [0.3, 0.4) is 0 Å². The fourth-order valence-electron chi connectivity index (χ4n) is 2.61. The van der Waals surface area contributed by atoms with Crippen molar-refractivity contribution in [3.05, 3.63) is 22.4 Å². The van der Waals surface area contributed by atoms with E-state index in [-0.39, 0.29) is 5.91 Å². The van der Waals surface area contributed by atoms with E-state index in [1.807, 2.05) is 17.5 Å². The molecule has 1 amide bonds. The van der Waals surface area contributed by atoms with Crippen molar-refractivity contribution in [2.24, 2.45) is 11.8 Å². The van der Waals surface area contributed by atoms with Crippen LogP contribution in [-0.4, -0.2) is 11.9 Å². The van der Waals surface area contributed by atoms with Gasteiger partial charge in [-0.1, -0.05) is 32.8 Å². The van der Waals surface area contributed by atoms with Gasteiger partial charge in [-0.15, -0.1) is 11.3 Å². The maximum Gasteiger partial charge on any atom is 0.225 e. The molecule has 1 aliphatic carbocycles. The van der Waals surface area contributed by atoms with Crippen LogP contribution in [0.2, 0.25) is 0 Å². The van der Waals surface area contributed by atoms with Crippen LogP contribution in [-0.2, 0) is 11.2 Å². The molecule has 3 atom stereocenters. The minimum absolute atomic E-state index is 0.179. The van der Waals surface area contributed by atoms with E-state index in [0.717, 1.165) is 17.2 Å². The third-order valence-electron chi connectivity index (χ3n) is 3.97. The molecule has 0 aromatic carbocycles. The molecular formula is C14H21NOS. The first-order valence-corrected chi connectivity index (χ1v) is 7.36. The van der Waals surface area contributed by atoms with Gasteiger partial charge in [0.1, 0.15) is 0 Å². The second-order valence-electron chi connectivity index (χ2n) is 5.20. The number of carbonyl (C=O) groups excluding carboxylic acids is 1. The molecule has 0 aliphatic heterocycles. The molecule has 1 aromatic heterocycles. The lowest BCUT2D eigenvalue weighted by atomic mass is 9.78. The van der Waals surface area contributed by atoms with Gasteiger partial charge in [-0.25, -0.2) is 0 Å².